The average molecular weight is 255 g/mol. The predicted molar refractivity (Wildman–Crippen MR) is 72.8 cm³/mol. The molecule has 1 heterocycles. The molecule has 4 heteroatoms. The topological polar surface area (TPSA) is 41.1 Å². The van der Waals surface area contributed by atoms with E-state index >= 15 is 0 Å². The van der Waals surface area contributed by atoms with Crippen LogP contribution in [0.5, 0.6) is 0 Å². The van der Waals surface area contributed by atoms with Crippen molar-refractivity contribution in [2.45, 2.75) is 32.7 Å². The fourth-order valence-corrected chi connectivity index (χ4v) is 2.00. The molecule has 2 rings (SSSR count). The van der Waals surface area contributed by atoms with Gasteiger partial charge in [-0.25, -0.2) is 0 Å². The Morgan fingerprint density at radius 1 is 1.41 bits per heavy atom. The van der Waals surface area contributed by atoms with Crippen molar-refractivity contribution in [3.8, 4) is 0 Å². The number of rotatable bonds is 2. The van der Waals surface area contributed by atoms with Crippen LogP contribution in [-0.4, -0.2) is 18.5 Å². The molecular weight excluding hydrogens is 236 g/mol. The Morgan fingerprint density at radius 3 is 2.82 bits per heavy atom. The number of anilines is 1. The molecule has 1 aliphatic heterocycles. The van der Waals surface area contributed by atoms with Gasteiger partial charge in [-0.2, -0.15) is 0 Å². The second-order valence-corrected chi connectivity index (χ2v) is 4.46. The van der Waals surface area contributed by atoms with Gasteiger partial charge in [0.2, 0.25) is 5.91 Å². The molecule has 1 aliphatic rings. The lowest BCUT2D eigenvalue weighted by molar-refractivity contribution is -0.117. The maximum atomic E-state index is 11.9. The summed E-state index contributed by atoms with van der Waals surface area (Å²) >= 11 is 0. The van der Waals surface area contributed by atoms with Crippen LogP contribution in [0.25, 0.3) is 0 Å². The first kappa shape index (κ1) is 14.0. The van der Waals surface area contributed by atoms with Gasteiger partial charge in [-0.1, -0.05) is 12.1 Å². The van der Waals surface area contributed by atoms with Crippen LogP contribution in [0.3, 0.4) is 0 Å². The first-order chi connectivity index (χ1) is 7.66. The van der Waals surface area contributed by atoms with Gasteiger partial charge in [0.05, 0.1) is 6.04 Å². The summed E-state index contributed by atoms with van der Waals surface area (Å²) in [5.41, 5.74) is 3.20. The normalized spacial score (nSPS) is 18.6. The van der Waals surface area contributed by atoms with E-state index in [-0.39, 0.29) is 24.4 Å². The molecule has 0 aromatic heterocycles. The molecule has 17 heavy (non-hydrogen) atoms. The number of amides is 1. The van der Waals surface area contributed by atoms with Crippen molar-refractivity contribution in [1.82, 2.24) is 5.32 Å². The van der Waals surface area contributed by atoms with Gasteiger partial charge in [-0.15, -0.1) is 12.4 Å². The van der Waals surface area contributed by atoms with Gasteiger partial charge in [0, 0.05) is 5.69 Å². The van der Waals surface area contributed by atoms with Crippen LogP contribution in [0.2, 0.25) is 0 Å². The van der Waals surface area contributed by atoms with Gasteiger partial charge in [0.1, 0.15) is 0 Å². The van der Waals surface area contributed by atoms with Crippen LogP contribution in [0.4, 0.5) is 5.69 Å². The van der Waals surface area contributed by atoms with Crippen molar-refractivity contribution in [1.29, 1.82) is 0 Å². The highest BCUT2D eigenvalue weighted by atomic mass is 35.5. The predicted octanol–water partition coefficient (Wildman–Crippen LogP) is 2.42. The van der Waals surface area contributed by atoms with Crippen LogP contribution in [0.1, 0.15) is 24.0 Å². The average Bonchev–Trinajstić information content (AvgIpc) is 2.76. The van der Waals surface area contributed by atoms with Crippen LogP contribution in [-0.2, 0) is 4.79 Å². The number of hydrogen-bond acceptors (Lipinski definition) is 2. The standard InChI is InChI=1S/C13H18N2O.ClH/c1-9-5-6-10(2)12(8-9)15-13(16)11-4-3-7-14-11;/h5-6,8,11,14H,3-4,7H2,1-2H3,(H,15,16);1H/t11-;/m0./s1. The van der Waals surface area contributed by atoms with Crippen molar-refractivity contribution >= 4 is 24.0 Å². The molecule has 0 aliphatic carbocycles. The number of aryl methyl sites for hydroxylation is 2. The molecule has 1 saturated heterocycles. The van der Waals surface area contributed by atoms with E-state index in [1.54, 1.807) is 0 Å². The van der Waals surface area contributed by atoms with Crippen molar-refractivity contribution in [2.75, 3.05) is 11.9 Å². The Bertz CT molecular complexity index is 400. The molecular formula is C13H19ClN2O. The number of nitrogens with one attached hydrogen (secondary N) is 2. The van der Waals surface area contributed by atoms with E-state index in [1.807, 2.05) is 26.0 Å². The van der Waals surface area contributed by atoms with E-state index in [9.17, 15) is 4.79 Å². The molecule has 0 radical (unpaired) electrons. The fourth-order valence-electron chi connectivity index (χ4n) is 2.00. The van der Waals surface area contributed by atoms with E-state index in [4.69, 9.17) is 0 Å². The van der Waals surface area contributed by atoms with E-state index in [1.165, 1.54) is 5.56 Å². The first-order valence-electron chi connectivity index (χ1n) is 5.78. The minimum absolute atomic E-state index is 0. The fraction of sp³-hybridized carbons (Fsp3) is 0.462. The molecule has 0 saturated carbocycles. The van der Waals surface area contributed by atoms with E-state index in [0.29, 0.717) is 0 Å². The Kier molecular flexibility index (Phi) is 4.97. The Morgan fingerprint density at radius 2 is 2.18 bits per heavy atom. The zero-order chi connectivity index (χ0) is 11.5. The summed E-state index contributed by atoms with van der Waals surface area (Å²) in [5, 5.41) is 6.19. The maximum absolute atomic E-state index is 11.9. The van der Waals surface area contributed by atoms with Gasteiger partial charge in [-0.05, 0) is 50.4 Å². The number of carbonyl (C=O) groups is 1. The van der Waals surface area contributed by atoms with Crippen molar-refractivity contribution in [3.63, 3.8) is 0 Å². The molecule has 3 nitrogen and oxygen atoms in total. The number of hydrogen-bond donors (Lipinski definition) is 2. The third kappa shape index (κ3) is 3.45. The van der Waals surface area contributed by atoms with Crippen LogP contribution in [0.15, 0.2) is 18.2 Å². The lowest BCUT2D eigenvalue weighted by Gasteiger charge is -2.13. The Labute approximate surface area is 108 Å². The smallest absolute Gasteiger partial charge is 0.241 e. The van der Waals surface area contributed by atoms with Crippen LogP contribution < -0.4 is 10.6 Å². The summed E-state index contributed by atoms with van der Waals surface area (Å²) < 4.78 is 0. The summed E-state index contributed by atoms with van der Waals surface area (Å²) in [6, 6.07) is 6.09. The molecule has 2 N–H and O–H groups in total. The zero-order valence-electron chi connectivity index (χ0n) is 10.2. The minimum atomic E-state index is -0.0140. The molecule has 0 spiro atoms. The van der Waals surface area contributed by atoms with Gasteiger partial charge in [0.15, 0.2) is 0 Å². The van der Waals surface area contributed by atoms with Crippen molar-refractivity contribution in [3.05, 3.63) is 29.3 Å². The molecule has 1 fully saturated rings. The second-order valence-electron chi connectivity index (χ2n) is 4.46. The molecule has 0 bridgehead atoms. The van der Waals surface area contributed by atoms with Crippen LogP contribution >= 0.6 is 12.4 Å². The summed E-state index contributed by atoms with van der Waals surface area (Å²) in [6.07, 6.45) is 2.03. The van der Waals surface area contributed by atoms with Gasteiger partial charge >= 0.3 is 0 Å². The van der Waals surface area contributed by atoms with Crippen LogP contribution in [0, 0.1) is 13.8 Å². The molecule has 1 aromatic rings. The van der Waals surface area contributed by atoms with Gasteiger partial charge < -0.3 is 10.6 Å². The van der Waals surface area contributed by atoms with Gasteiger partial charge in [-0.3, -0.25) is 4.79 Å². The minimum Gasteiger partial charge on any atom is -0.324 e. The maximum Gasteiger partial charge on any atom is 0.241 e. The molecule has 0 unspecified atom stereocenters. The highest BCUT2D eigenvalue weighted by molar-refractivity contribution is 5.95. The Balaban J connectivity index is 0.00000144. The Hall–Kier alpha value is -1.06. The van der Waals surface area contributed by atoms with Gasteiger partial charge in [0.25, 0.3) is 0 Å². The third-order valence-corrected chi connectivity index (χ3v) is 3.03. The number of halogens is 1. The van der Waals surface area contributed by atoms with E-state index in [0.717, 1.165) is 30.6 Å². The first-order valence-corrected chi connectivity index (χ1v) is 5.78. The summed E-state index contributed by atoms with van der Waals surface area (Å²) in [4.78, 5) is 11.9. The quantitative estimate of drug-likeness (QED) is 0.851. The number of carbonyl (C=O) groups excluding carboxylic acids is 1. The SMILES string of the molecule is Cc1ccc(C)c(NC(=O)[C@@H]2CCCN2)c1.Cl. The summed E-state index contributed by atoms with van der Waals surface area (Å²) in [7, 11) is 0. The molecule has 1 amide bonds. The summed E-state index contributed by atoms with van der Waals surface area (Å²) in [6.45, 7) is 4.99. The zero-order valence-corrected chi connectivity index (χ0v) is 11.1. The molecule has 1 aromatic carbocycles. The van der Waals surface area contributed by atoms with E-state index < -0.39 is 0 Å². The molecule has 1 atom stereocenters. The highest BCUT2D eigenvalue weighted by Crippen LogP contribution is 2.17. The van der Waals surface area contributed by atoms with Crippen molar-refractivity contribution < 1.29 is 4.79 Å². The monoisotopic (exact) mass is 254 g/mol. The molecule has 94 valence electrons. The third-order valence-electron chi connectivity index (χ3n) is 3.03. The lowest BCUT2D eigenvalue weighted by Crippen LogP contribution is -2.35. The largest absolute Gasteiger partial charge is 0.324 e. The highest BCUT2D eigenvalue weighted by Gasteiger charge is 2.22. The second kappa shape index (κ2) is 6.03. The number of benzene rings is 1. The van der Waals surface area contributed by atoms with Crippen molar-refractivity contribution in [2.24, 2.45) is 0 Å². The summed E-state index contributed by atoms with van der Waals surface area (Å²) in [5.74, 6) is 0.0891. The lowest BCUT2D eigenvalue weighted by atomic mass is 10.1. The van der Waals surface area contributed by atoms with E-state index in [2.05, 4.69) is 16.7 Å².